The highest BCUT2D eigenvalue weighted by Crippen LogP contribution is 2.21. The molecular formula is C11H10O8. The van der Waals surface area contributed by atoms with Gasteiger partial charge in [0.2, 0.25) is 0 Å². The quantitative estimate of drug-likeness (QED) is 0.393. The number of carboxylic acid groups (broad SMARTS) is 3. The highest BCUT2D eigenvalue weighted by molar-refractivity contribution is 5.91. The summed E-state index contributed by atoms with van der Waals surface area (Å²) in [5.41, 5.74) is -0.301. The monoisotopic (exact) mass is 270 g/mol. The van der Waals surface area contributed by atoms with E-state index in [0.717, 1.165) is 12.1 Å². The summed E-state index contributed by atoms with van der Waals surface area (Å²) < 4.78 is 0. The normalized spacial score (nSPS) is 9.47. The Kier molecular flexibility index (Phi) is 6.16. The second-order valence-corrected chi connectivity index (χ2v) is 3.02. The standard InChI is InChI=1S/C7H6O4.C4H4O4/c8-4-1-2-6(9)5(3-4)7(10)11;5-3(6)1-2-4(7)8/h1-3,8-9H,(H,10,11);1-2H,(H,5,6)(H,7,8)/b;2-1-. The minimum absolute atomic E-state index is 0.180. The topological polar surface area (TPSA) is 152 Å². The molecule has 0 spiro atoms. The summed E-state index contributed by atoms with van der Waals surface area (Å²) in [5, 5.41) is 41.8. The molecule has 0 fully saturated rings. The van der Waals surface area contributed by atoms with Gasteiger partial charge in [-0.2, -0.15) is 0 Å². The van der Waals surface area contributed by atoms with E-state index in [4.69, 9.17) is 25.5 Å². The Morgan fingerprint density at radius 3 is 1.68 bits per heavy atom. The van der Waals surface area contributed by atoms with Crippen molar-refractivity contribution in [3.05, 3.63) is 35.9 Å². The summed E-state index contributed by atoms with van der Waals surface area (Å²) in [6.45, 7) is 0. The average Bonchev–Trinajstić information content (AvgIpc) is 2.30. The molecule has 1 aromatic rings. The van der Waals surface area contributed by atoms with Crippen LogP contribution >= 0.6 is 0 Å². The largest absolute Gasteiger partial charge is 0.508 e. The highest BCUT2D eigenvalue weighted by atomic mass is 16.4. The fourth-order valence-corrected chi connectivity index (χ4v) is 0.838. The first-order valence-electron chi connectivity index (χ1n) is 4.63. The van der Waals surface area contributed by atoms with Crippen molar-refractivity contribution in [3.63, 3.8) is 0 Å². The number of aliphatic carboxylic acids is 2. The molecule has 0 saturated carbocycles. The van der Waals surface area contributed by atoms with Gasteiger partial charge in [0, 0.05) is 12.2 Å². The molecule has 19 heavy (non-hydrogen) atoms. The molecule has 0 radical (unpaired) electrons. The predicted octanol–water partition coefficient (Wildman–Crippen LogP) is 0.508. The lowest BCUT2D eigenvalue weighted by Gasteiger charge is -1.98. The Hall–Kier alpha value is -3.03. The third-order valence-corrected chi connectivity index (χ3v) is 1.58. The number of carboxylic acids is 3. The van der Waals surface area contributed by atoms with Gasteiger partial charge in [-0.05, 0) is 18.2 Å². The van der Waals surface area contributed by atoms with Crippen molar-refractivity contribution in [1.82, 2.24) is 0 Å². The number of aromatic hydroxyl groups is 2. The minimum atomic E-state index is -1.27. The number of hydrogen-bond donors (Lipinski definition) is 5. The van der Waals surface area contributed by atoms with E-state index in [9.17, 15) is 14.4 Å². The Bertz CT molecular complexity index is 501. The molecule has 0 heterocycles. The lowest BCUT2D eigenvalue weighted by molar-refractivity contribution is -0.134. The van der Waals surface area contributed by atoms with Crippen LogP contribution in [0.5, 0.6) is 11.5 Å². The number of phenols is 2. The van der Waals surface area contributed by atoms with Crippen molar-refractivity contribution in [3.8, 4) is 11.5 Å². The van der Waals surface area contributed by atoms with Crippen LogP contribution in [0.25, 0.3) is 0 Å². The highest BCUT2D eigenvalue weighted by Gasteiger charge is 2.08. The van der Waals surface area contributed by atoms with Crippen molar-refractivity contribution >= 4 is 17.9 Å². The van der Waals surface area contributed by atoms with Crippen LogP contribution in [0.2, 0.25) is 0 Å². The van der Waals surface area contributed by atoms with E-state index in [-0.39, 0.29) is 17.1 Å². The lowest BCUT2D eigenvalue weighted by Crippen LogP contribution is -1.95. The summed E-state index contributed by atoms with van der Waals surface area (Å²) in [6, 6.07) is 3.32. The van der Waals surface area contributed by atoms with E-state index in [1.54, 1.807) is 0 Å². The number of hydrogen-bond acceptors (Lipinski definition) is 5. The molecule has 0 unspecified atom stereocenters. The summed E-state index contributed by atoms with van der Waals surface area (Å²) in [5.74, 6) is -4.31. The van der Waals surface area contributed by atoms with Crippen LogP contribution in [0.15, 0.2) is 30.4 Å². The van der Waals surface area contributed by atoms with E-state index in [0.29, 0.717) is 12.2 Å². The van der Waals surface area contributed by atoms with Crippen molar-refractivity contribution < 1.29 is 39.9 Å². The molecule has 0 atom stereocenters. The van der Waals surface area contributed by atoms with Crippen LogP contribution in [0.3, 0.4) is 0 Å². The molecule has 5 N–H and O–H groups in total. The number of phenolic OH excluding ortho intramolecular Hbond substituents is 1. The Balaban J connectivity index is 0.000000362. The molecule has 102 valence electrons. The minimum Gasteiger partial charge on any atom is -0.508 e. The molecular weight excluding hydrogens is 260 g/mol. The first kappa shape index (κ1) is 16.0. The first-order valence-corrected chi connectivity index (χ1v) is 4.63. The molecule has 0 aromatic heterocycles. The number of aromatic carboxylic acids is 1. The van der Waals surface area contributed by atoms with Crippen molar-refractivity contribution in [2.45, 2.75) is 0 Å². The van der Waals surface area contributed by atoms with Gasteiger partial charge in [0.1, 0.15) is 17.1 Å². The summed E-state index contributed by atoms with van der Waals surface area (Å²) in [4.78, 5) is 29.4. The third kappa shape index (κ3) is 7.00. The molecule has 0 aliphatic heterocycles. The Labute approximate surface area is 106 Å². The Morgan fingerprint density at radius 1 is 0.895 bits per heavy atom. The zero-order valence-corrected chi connectivity index (χ0v) is 9.35. The van der Waals surface area contributed by atoms with Gasteiger partial charge >= 0.3 is 17.9 Å². The SMILES string of the molecule is O=C(O)/C=C\C(=O)O.O=C(O)c1cc(O)ccc1O. The van der Waals surface area contributed by atoms with Crippen molar-refractivity contribution in [2.24, 2.45) is 0 Å². The van der Waals surface area contributed by atoms with Gasteiger partial charge < -0.3 is 25.5 Å². The van der Waals surface area contributed by atoms with Crippen molar-refractivity contribution in [2.75, 3.05) is 0 Å². The van der Waals surface area contributed by atoms with Crippen LogP contribution in [0.4, 0.5) is 0 Å². The molecule has 8 nitrogen and oxygen atoms in total. The summed E-state index contributed by atoms with van der Waals surface area (Å²) >= 11 is 0. The fraction of sp³-hybridized carbons (Fsp3) is 0. The second kappa shape index (κ2) is 7.33. The van der Waals surface area contributed by atoms with Gasteiger partial charge in [-0.1, -0.05) is 0 Å². The molecule has 0 bridgehead atoms. The van der Waals surface area contributed by atoms with Crippen LogP contribution in [-0.4, -0.2) is 43.4 Å². The molecule has 1 rings (SSSR count). The molecule has 0 aliphatic carbocycles. The first-order chi connectivity index (χ1) is 8.73. The van der Waals surface area contributed by atoms with Gasteiger partial charge in [-0.15, -0.1) is 0 Å². The smallest absolute Gasteiger partial charge is 0.339 e. The third-order valence-electron chi connectivity index (χ3n) is 1.58. The molecule has 0 saturated heterocycles. The van der Waals surface area contributed by atoms with Crippen LogP contribution in [-0.2, 0) is 9.59 Å². The fourth-order valence-electron chi connectivity index (χ4n) is 0.838. The predicted molar refractivity (Wildman–Crippen MR) is 61.1 cm³/mol. The van der Waals surface area contributed by atoms with E-state index in [2.05, 4.69) is 0 Å². The molecule has 1 aromatic carbocycles. The van der Waals surface area contributed by atoms with Crippen molar-refractivity contribution in [1.29, 1.82) is 0 Å². The second-order valence-electron chi connectivity index (χ2n) is 3.02. The molecule has 0 amide bonds. The van der Waals surface area contributed by atoms with Gasteiger partial charge in [0.15, 0.2) is 0 Å². The van der Waals surface area contributed by atoms with E-state index >= 15 is 0 Å². The maximum atomic E-state index is 10.3. The summed E-state index contributed by atoms with van der Waals surface area (Å²) in [6.07, 6.45) is 1.12. The molecule has 8 heteroatoms. The van der Waals surface area contributed by atoms with E-state index in [1.165, 1.54) is 6.07 Å². The van der Waals surface area contributed by atoms with E-state index in [1.807, 2.05) is 0 Å². The van der Waals surface area contributed by atoms with Crippen LogP contribution in [0.1, 0.15) is 10.4 Å². The maximum Gasteiger partial charge on any atom is 0.339 e. The number of benzene rings is 1. The zero-order chi connectivity index (χ0) is 15.0. The lowest BCUT2D eigenvalue weighted by atomic mass is 10.2. The maximum absolute atomic E-state index is 10.3. The summed E-state index contributed by atoms with van der Waals surface area (Å²) in [7, 11) is 0. The van der Waals surface area contributed by atoms with Gasteiger partial charge in [0.25, 0.3) is 0 Å². The number of rotatable bonds is 3. The van der Waals surface area contributed by atoms with Gasteiger partial charge in [-0.25, -0.2) is 14.4 Å². The van der Waals surface area contributed by atoms with Crippen LogP contribution < -0.4 is 0 Å². The molecule has 0 aliphatic rings. The Morgan fingerprint density at radius 2 is 1.37 bits per heavy atom. The van der Waals surface area contributed by atoms with E-state index < -0.39 is 17.9 Å². The van der Waals surface area contributed by atoms with Crippen LogP contribution in [0, 0.1) is 0 Å². The van der Waals surface area contributed by atoms with Gasteiger partial charge in [-0.3, -0.25) is 0 Å². The number of carbonyl (C=O) groups is 3. The van der Waals surface area contributed by atoms with Gasteiger partial charge in [0.05, 0.1) is 0 Å². The zero-order valence-electron chi connectivity index (χ0n) is 9.35. The average molecular weight is 270 g/mol.